The van der Waals surface area contributed by atoms with Gasteiger partial charge < -0.3 is 9.80 Å². The molecule has 0 unspecified atom stereocenters. The summed E-state index contributed by atoms with van der Waals surface area (Å²) >= 11 is 0. The number of nitrogens with zero attached hydrogens (tertiary/aromatic N) is 2. The standard InChI is InChI=1S/C34H34N2/c1-25-8-5-11-32(22-25)35(4)30-18-14-28(15-19-30)29-16-20-31(21-17-29)36(33-12-6-9-26(2)23-33)34-13-7-10-27(3)24-34/h5-14,16-18,20-24H,15,19H2,1-4H3. The fourth-order valence-electron chi connectivity index (χ4n) is 4.95. The molecule has 180 valence electrons. The Labute approximate surface area is 215 Å². The molecule has 1 aliphatic carbocycles. The number of rotatable bonds is 6. The highest BCUT2D eigenvalue weighted by Crippen LogP contribution is 2.37. The lowest BCUT2D eigenvalue weighted by Gasteiger charge is -2.27. The zero-order valence-corrected chi connectivity index (χ0v) is 21.7. The number of allylic oxidation sites excluding steroid dienone is 4. The molecule has 36 heavy (non-hydrogen) atoms. The van der Waals surface area contributed by atoms with Gasteiger partial charge in [0.15, 0.2) is 0 Å². The van der Waals surface area contributed by atoms with Crippen LogP contribution in [0, 0.1) is 20.8 Å². The first-order chi connectivity index (χ1) is 17.5. The molecule has 0 amide bonds. The largest absolute Gasteiger partial charge is 0.348 e. The van der Waals surface area contributed by atoms with E-state index < -0.39 is 0 Å². The van der Waals surface area contributed by atoms with Crippen molar-refractivity contribution in [2.45, 2.75) is 33.6 Å². The van der Waals surface area contributed by atoms with Gasteiger partial charge in [-0.15, -0.1) is 0 Å². The predicted octanol–water partition coefficient (Wildman–Crippen LogP) is 9.28. The maximum atomic E-state index is 2.34. The van der Waals surface area contributed by atoms with Crippen LogP contribution in [0.15, 0.2) is 115 Å². The zero-order valence-electron chi connectivity index (χ0n) is 21.7. The van der Waals surface area contributed by atoms with Crippen molar-refractivity contribution in [3.05, 3.63) is 137 Å². The van der Waals surface area contributed by atoms with E-state index in [9.17, 15) is 0 Å². The second-order valence-electron chi connectivity index (χ2n) is 9.81. The average Bonchev–Trinajstić information content (AvgIpc) is 2.89. The molecular weight excluding hydrogens is 436 g/mol. The second kappa shape index (κ2) is 10.3. The van der Waals surface area contributed by atoms with Crippen LogP contribution < -0.4 is 9.80 Å². The molecule has 1 aliphatic rings. The summed E-state index contributed by atoms with van der Waals surface area (Å²) in [6, 6.07) is 35.2. The third-order valence-electron chi connectivity index (χ3n) is 6.96. The van der Waals surface area contributed by atoms with E-state index in [0.29, 0.717) is 0 Å². The van der Waals surface area contributed by atoms with Crippen molar-refractivity contribution in [2.24, 2.45) is 0 Å². The van der Waals surface area contributed by atoms with Gasteiger partial charge in [-0.05, 0) is 116 Å². The minimum absolute atomic E-state index is 1.04. The highest BCUT2D eigenvalue weighted by molar-refractivity contribution is 5.79. The summed E-state index contributed by atoms with van der Waals surface area (Å²) in [7, 11) is 2.17. The Bertz CT molecular complexity index is 1380. The molecule has 0 spiro atoms. The average molecular weight is 471 g/mol. The van der Waals surface area contributed by atoms with Crippen molar-refractivity contribution < 1.29 is 0 Å². The van der Waals surface area contributed by atoms with E-state index in [4.69, 9.17) is 0 Å². The predicted molar refractivity (Wildman–Crippen MR) is 155 cm³/mol. The number of aryl methyl sites for hydroxylation is 3. The molecule has 0 atom stereocenters. The molecule has 4 aromatic carbocycles. The summed E-state index contributed by atoms with van der Waals surface area (Å²) in [5.74, 6) is 0. The molecule has 0 bridgehead atoms. The van der Waals surface area contributed by atoms with E-state index in [2.05, 4.69) is 147 Å². The molecule has 0 aromatic heterocycles. The van der Waals surface area contributed by atoms with Gasteiger partial charge in [0.05, 0.1) is 0 Å². The molecule has 0 radical (unpaired) electrons. The molecule has 0 saturated heterocycles. The maximum absolute atomic E-state index is 2.34. The Hall–Kier alpha value is -4.04. The fourth-order valence-corrected chi connectivity index (χ4v) is 4.95. The maximum Gasteiger partial charge on any atom is 0.0464 e. The van der Waals surface area contributed by atoms with Crippen LogP contribution in [0.25, 0.3) is 5.57 Å². The van der Waals surface area contributed by atoms with Gasteiger partial charge in [-0.3, -0.25) is 0 Å². The topological polar surface area (TPSA) is 6.48 Å². The van der Waals surface area contributed by atoms with Gasteiger partial charge in [-0.25, -0.2) is 0 Å². The third-order valence-corrected chi connectivity index (χ3v) is 6.96. The van der Waals surface area contributed by atoms with Gasteiger partial charge in [0, 0.05) is 35.5 Å². The molecule has 0 heterocycles. The molecule has 2 nitrogen and oxygen atoms in total. The van der Waals surface area contributed by atoms with Crippen LogP contribution in [0.5, 0.6) is 0 Å². The zero-order chi connectivity index (χ0) is 25.1. The van der Waals surface area contributed by atoms with E-state index >= 15 is 0 Å². The summed E-state index contributed by atoms with van der Waals surface area (Å²) in [5.41, 5.74) is 12.6. The number of anilines is 4. The van der Waals surface area contributed by atoms with E-state index in [1.807, 2.05) is 0 Å². The second-order valence-corrected chi connectivity index (χ2v) is 9.81. The normalized spacial score (nSPS) is 13.1. The SMILES string of the molecule is Cc1cccc(N(C)C2=CC=C(c3ccc(N(c4cccc(C)c4)c4cccc(C)c4)cc3)CC2)c1. The van der Waals surface area contributed by atoms with E-state index in [1.54, 1.807) is 0 Å². The van der Waals surface area contributed by atoms with Crippen LogP contribution in [-0.2, 0) is 0 Å². The molecular formula is C34H34N2. The minimum Gasteiger partial charge on any atom is -0.348 e. The van der Waals surface area contributed by atoms with Crippen molar-refractivity contribution in [3.63, 3.8) is 0 Å². The summed E-state index contributed by atoms with van der Waals surface area (Å²) in [6.07, 6.45) is 6.65. The molecule has 4 aromatic rings. The Morgan fingerprint density at radius 2 is 1.06 bits per heavy atom. The number of hydrogen-bond donors (Lipinski definition) is 0. The van der Waals surface area contributed by atoms with Gasteiger partial charge in [0.1, 0.15) is 0 Å². The highest BCUT2D eigenvalue weighted by Gasteiger charge is 2.16. The molecule has 0 fully saturated rings. The minimum atomic E-state index is 1.04. The van der Waals surface area contributed by atoms with Crippen LogP contribution in [0.2, 0.25) is 0 Å². The molecule has 0 saturated carbocycles. The lowest BCUT2D eigenvalue weighted by Crippen LogP contribution is -2.17. The molecule has 5 rings (SSSR count). The van der Waals surface area contributed by atoms with Crippen molar-refractivity contribution in [1.29, 1.82) is 0 Å². The summed E-state index contributed by atoms with van der Waals surface area (Å²) in [4.78, 5) is 4.65. The highest BCUT2D eigenvalue weighted by atomic mass is 15.1. The quantitative estimate of drug-likeness (QED) is 0.277. The van der Waals surface area contributed by atoms with Crippen molar-refractivity contribution >= 4 is 28.3 Å². The first-order valence-electron chi connectivity index (χ1n) is 12.7. The Morgan fingerprint density at radius 1 is 0.528 bits per heavy atom. The summed E-state index contributed by atoms with van der Waals surface area (Å²) in [5, 5.41) is 0. The Balaban J connectivity index is 1.42. The number of hydrogen-bond acceptors (Lipinski definition) is 2. The fraction of sp³-hybridized carbons (Fsp3) is 0.176. The van der Waals surface area contributed by atoms with E-state index in [1.165, 1.54) is 56.3 Å². The molecule has 0 N–H and O–H groups in total. The smallest absolute Gasteiger partial charge is 0.0464 e. The summed E-state index contributed by atoms with van der Waals surface area (Å²) < 4.78 is 0. The third kappa shape index (κ3) is 5.13. The van der Waals surface area contributed by atoms with Crippen LogP contribution >= 0.6 is 0 Å². The van der Waals surface area contributed by atoms with Crippen LogP contribution in [-0.4, -0.2) is 7.05 Å². The molecule has 0 aliphatic heterocycles. The van der Waals surface area contributed by atoms with Crippen molar-refractivity contribution in [1.82, 2.24) is 0 Å². The lowest BCUT2D eigenvalue weighted by molar-refractivity contribution is 0.907. The Kier molecular flexibility index (Phi) is 6.77. The number of benzene rings is 4. The summed E-state index contributed by atoms with van der Waals surface area (Å²) in [6.45, 7) is 6.44. The van der Waals surface area contributed by atoms with Gasteiger partial charge in [0.25, 0.3) is 0 Å². The van der Waals surface area contributed by atoms with Gasteiger partial charge in [-0.1, -0.05) is 54.6 Å². The Morgan fingerprint density at radius 3 is 1.56 bits per heavy atom. The van der Waals surface area contributed by atoms with Crippen molar-refractivity contribution in [3.8, 4) is 0 Å². The van der Waals surface area contributed by atoms with Gasteiger partial charge in [0.2, 0.25) is 0 Å². The van der Waals surface area contributed by atoms with Gasteiger partial charge in [-0.2, -0.15) is 0 Å². The monoisotopic (exact) mass is 470 g/mol. The van der Waals surface area contributed by atoms with Crippen LogP contribution in [0.4, 0.5) is 22.7 Å². The molecule has 2 heteroatoms. The van der Waals surface area contributed by atoms with Crippen LogP contribution in [0.3, 0.4) is 0 Å². The first-order valence-corrected chi connectivity index (χ1v) is 12.7. The van der Waals surface area contributed by atoms with Gasteiger partial charge >= 0.3 is 0 Å². The van der Waals surface area contributed by atoms with Crippen molar-refractivity contribution in [2.75, 3.05) is 16.8 Å². The first kappa shape index (κ1) is 23.7. The lowest BCUT2D eigenvalue weighted by atomic mass is 9.95. The van der Waals surface area contributed by atoms with Crippen LogP contribution in [0.1, 0.15) is 35.1 Å². The van der Waals surface area contributed by atoms with E-state index in [0.717, 1.165) is 12.8 Å². The van der Waals surface area contributed by atoms with E-state index in [-0.39, 0.29) is 0 Å².